The Morgan fingerprint density at radius 3 is 2.56 bits per heavy atom. The number of aliphatic carboxylic acids is 1. The molecule has 1 fully saturated rings. The number of hydrogen-bond acceptors (Lipinski definition) is 6. The Bertz CT molecular complexity index is 1670. The van der Waals surface area contributed by atoms with E-state index in [0.29, 0.717) is 55.4 Å². The molecule has 2 aliphatic heterocycles. The van der Waals surface area contributed by atoms with E-state index < -0.39 is 22.1 Å². The van der Waals surface area contributed by atoms with Gasteiger partial charge >= 0.3 is 5.97 Å². The first-order valence-corrected chi connectivity index (χ1v) is 16.5. The van der Waals surface area contributed by atoms with Crippen LogP contribution >= 0.6 is 0 Å². The highest BCUT2D eigenvalue weighted by atomic mass is 32.2. The molecule has 8 nitrogen and oxygen atoms in total. The Morgan fingerprint density at radius 1 is 1.07 bits per heavy atom. The first-order valence-electron chi connectivity index (χ1n) is 14.7. The van der Waals surface area contributed by atoms with Crippen molar-refractivity contribution in [3.63, 3.8) is 0 Å². The number of aryl methyl sites for hydroxylation is 2. The SMILES string of the molecule is Cc1cc(OC2CCCN(S(C)(=O)=O)C2)cc(C)c1-c1ccc(F)c2c1CCC2Oc1ccc2c(c1)OCC2CC(=O)O. The van der Waals surface area contributed by atoms with Gasteiger partial charge in [-0.3, -0.25) is 4.79 Å². The molecule has 3 aliphatic rings. The molecular weight excluding hydrogens is 573 g/mol. The highest BCUT2D eigenvalue weighted by Crippen LogP contribution is 2.45. The summed E-state index contributed by atoms with van der Waals surface area (Å²) in [6, 6.07) is 12.7. The number of carboxylic acids is 1. The maximum atomic E-state index is 15.3. The molecule has 1 N–H and O–H groups in total. The minimum absolute atomic E-state index is 0.00546. The summed E-state index contributed by atoms with van der Waals surface area (Å²) in [5.74, 6) is 0.507. The van der Waals surface area contributed by atoms with Gasteiger partial charge in [0.2, 0.25) is 10.0 Å². The van der Waals surface area contributed by atoms with E-state index in [4.69, 9.17) is 14.2 Å². The van der Waals surface area contributed by atoms with Crippen LogP contribution in [0.4, 0.5) is 4.39 Å². The van der Waals surface area contributed by atoms with E-state index in [0.717, 1.165) is 46.2 Å². The molecule has 10 heteroatoms. The van der Waals surface area contributed by atoms with E-state index in [9.17, 15) is 18.3 Å². The second kappa shape index (κ2) is 11.5. The van der Waals surface area contributed by atoms with Crippen LogP contribution in [-0.2, 0) is 21.2 Å². The van der Waals surface area contributed by atoms with Crippen LogP contribution < -0.4 is 14.2 Å². The van der Waals surface area contributed by atoms with Gasteiger partial charge in [0.15, 0.2) is 0 Å². The van der Waals surface area contributed by atoms with E-state index in [-0.39, 0.29) is 24.3 Å². The Labute approximate surface area is 251 Å². The highest BCUT2D eigenvalue weighted by molar-refractivity contribution is 7.88. The highest BCUT2D eigenvalue weighted by Gasteiger charge is 2.33. The zero-order valence-corrected chi connectivity index (χ0v) is 25.4. The molecule has 6 rings (SSSR count). The summed E-state index contributed by atoms with van der Waals surface area (Å²) in [5, 5.41) is 9.17. The van der Waals surface area contributed by atoms with Gasteiger partial charge in [0, 0.05) is 29.7 Å². The molecule has 43 heavy (non-hydrogen) atoms. The molecule has 1 aliphatic carbocycles. The number of ether oxygens (including phenoxy) is 3. The number of fused-ring (bicyclic) bond motifs is 2. The number of halogens is 1. The van der Waals surface area contributed by atoms with Crippen LogP contribution in [0.3, 0.4) is 0 Å². The van der Waals surface area contributed by atoms with E-state index in [1.165, 1.54) is 16.6 Å². The van der Waals surface area contributed by atoms with Crippen LogP contribution in [0.15, 0.2) is 42.5 Å². The summed E-state index contributed by atoms with van der Waals surface area (Å²) < 4.78 is 59.2. The molecule has 0 aromatic heterocycles. The van der Waals surface area contributed by atoms with E-state index in [2.05, 4.69) is 0 Å². The average Bonchev–Trinajstić information content (AvgIpc) is 3.53. The predicted octanol–water partition coefficient (Wildman–Crippen LogP) is 5.93. The summed E-state index contributed by atoms with van der Waals surface area (Å²) >= 11 is 0. The normalized spacial score (nSPS) is 21.6. The maximum absolute atomic E-state index is 15.3. The van der Waals surface area contributed by atoms with E-state index in [1.807, 2.05) is 38.1 Å². The van der Waals surface area contributed by atoms with Crippen molar-refractivity contribution in [3.8, 4) is 28.4 Å². The second-order valence-electron chi connectivity index (χ2n) is 11.9. The van der Waals surface area contributed by atoms with Crippen molar-refractivity contribution >= 4 is 16.0 Å². The fourth-order valence-corrected chi connectivity index (χ4v) is 7.71. The molecule has 0 bridgehead atoms. The Morgan fingerprint density at radius 2 is 1.84 bits per heavy atom. The predicted molar refractivity (Wildman–Crippen MR) is 160 cm³/mol. The number of benzene rings is 3. The number of hydrogen-bond donors (Lipinski definition) is 1. The fourth-order valence-electron chi connectivity index (χ4n) is 6.81. The third kappa shape index (κ3) is 5.95. The quantitative estimate of drug-likeness (QED) is 0.338. The standard InChI is InChI=1S/C33H36FNO7S/c1-19-13-24(41-23-5-4-12-35(17-23)43(3,38)39)14-20(2)32(19)26-8-10-28(34)33-27(26)9-11-29(33)42-22-6-7-25-21(15-31(36)37)18-40-30(25)16-22/h6-8,10,13-14,16,21,23,29H,4-5,9,11-12,15,17-18H2,1-3H3,(H,36,37). The number of carboxylic acid groups (broad SMARTS) is 1. The molecule has 0 radical (unpaired) electrons. The number of sulfonamides is 1. The summed E-state index contributed by atoms with van der Waals surface area (Å²) in [6.45, 7) is 5.20. The largest absolute Gasteiger partial charge is 0.492 e. The smallest absolute Gasteiger partial charge is 0.304 e. The lowest BCUT2D eigenvalue weighted by atomic mass is 9.90. The van der Waals surface area contributed by atoms with Crippen molar-refractivity contribution < 1.29 is 36.9 Å². The Balaban J connectivity index is 1.23. The first kappa shape index (κ1) is 29.4. The number of rotatable bonds is 8. The molecule has 228 valence electrons. The van der Waals surface area contributed by atoms with Crippen molar-refractivity contribution in [3.05, 3.63) is 76.1 Å². The zero-order valence-electron chi connectivity index (χ0n) is 24.6. The first-order chi connectivity index (χ1) is 20.5. The van der Waals surface area contributed by atoms with Crippen LogP contribution in [0.5, 0.6) is 17.2 Å². The minimum atomic E-state index is -3.27. The summed E-state index contributed by atoms with van der Waals surface area (Å²) in [5.41, 5.74) is 6.33. The number of carbonyl (C=O) groups is 1. The second-order valence-corrected chi connectivity index (χ2v) is 13.9. The minimum Gasteiger partial charge on any atom is -0.492 e. The van der Waals surface area contributed by atoms with E-state index in [1.54, 1.807) is 12.1 Å². The van der Waals surface area contributed by atoms with Gasteiger partial charge in [-0.15, -0.1) is 0 Å². The van der Waals surface area contributed by atoms with Crippen LogP contribution in [0.2, 0.25) is 0 Å². The Hall–Kier alpha value is -3.63. The fraction of sp³-hybridized carbons (Fsp3) is 0.424. The third-order valence-electron chi connectivity index (χ3n) is 8.73. The lowest BCUT2D eigenvalue weighted by Gasteiger charge is -2.31. The van der Waals surface area contributed by atoms with Gasteiger partial charge in [-0.25, -0.2) is 12.8 Å². The van der Waals surface area contributed by atoms with Crippen molar-refractivity contribution in [1.29, 1.82) is 0 Å². The van der Waals surface area contributed by atoms with E-state index >= 15 is 4.39 Å². The molecular formula is C33H36FNO7S. The molecule has 3 atom stereocenters. The lowest BCUT2D eigenvalue weighted by molar-refractivity contribution is -0.137. The van der Waals surface area contributed by atoms with Crippen LogP contribution in [0.25, 0.3) is 11.1 Å². The molecule has 2 heterocycles. The molecule has 3 aromatic rings. The topological polar surface area (TPSA) is 102 Å². The van der Waals surface area contributed by atoms with Gasteiger partial charge in [0.1, 0.15) is 35.3 Å². The molecule has 0 saturated carbocycles. The summed E-state index contributed by atoms with van der Waals surface area (Å²) in [7, 11) is -3.27. The van der Waals surface area contributed by atoms with Crippen molar-refractivity contribution in [2.24, 2.45) is 0 Å². The van der Waals surface area contributed by atoms with Crippen molar-refractivity contribution in [2.45, 2.75) is 64.1 Å². The van der Waals surface area contributed by atoms with Crippen LogP contribution in [0, 0.1) is 19.7 Å². The molecule has 3 aromatic carbocycles. The summed E-state index contributed by atoms with van der Waals surface area (Å²) in [4.78, 5) is 11.2. The number of nitrogens with zero attached hydrogens (tertiary/aromatic N) is 1. The average molecular weight is 610 g/mol. The monoisotopic (exact) mass is 609 g/mol. The van der Waals surface area contributed by atoms with Gasteiger partial charge in [-0.1, -0.05) is 12.1 Å². The number of piperidine rings is 1. The van der Waals surface area contributed by atoms with Gasteiger partial charge in [0.05, 0.1) is 25.8 Å². The maximum Gasteiger partial charge on any atom is 0.304 e. The van der Waals surface area contributed by atoms with Gasteiger partial charge in [-0.05, 0) is 91.6 Å². The van der Waals surface area contributed by atoms with Gasteiger partial charge in [0.25, 0.3) is 0 Å². The van der Waals surface area contributed by atoms with Gasteiger partial charge < -0.3 is 19.3 Å². The van der Waals surface area contributed by atoms with Crippen molar-refractivity contribution in [1.82, 2.24) is 4.31 Å². The molecule has 0 amide bonds. The summed E-state index contributed by atoms with van der Waals surface area (Å²) in [6.07, 6.45) is 3.39. The van der Waals surface area contributed by atoms with Crippen LogP contribution in [0.1, 0.15) is 65.5 Å². The third-order valence-corrected chi connectivity index (χ3v) is 10.0. The molecule has 0 spiro atoms. The lowest BCUT2D eigenvalue weighted by Crippen LogP contribution is -2.43. The molecule has 3 unspecified atom stereocenters. The van der Waals surface area contributed by atoms with Gasteiger partial charge in [-0.2, -0.15) is 4.31 Å². The Kier molecular flexibility index (Phi) is 7.85. The molecule has 1 saturated heterocycles. The van der Waals surface area contributed by atoms with Crippen molar-refractivity contribution in [2.75, 3.05) is 26.0 Å². The van der Waals surface area contributed by atoms with Crippen LogP contribution in [-0.4, -0.2) is 55.9 Å². The zero-order chi connectivity index (χ0) is 30.5.